The van der Waals surface area contributed by atoms with Crippen LogP contribution in [0.3, 0.4) is 0 Å². The van der Waals surface area contributed by atoms with Crippen molar-refractivity contribution in [2.45, 2.75) is 19.4 Å². The van der Waals surface area contributed by atoms with E-state index in [2.05, 4.69) is 21.9 Å². The third kappa shape index (κ3) is 3.16. The van der Waals surface area contributed by atoms with Crippen LogP contribution < -0.4 is 15.5 Å². The SMILES string of the molecule is CC1CCN(c2nc(N)nc(N3CCOCC3)n2)CC1O. The number of aliphatic hydroxyl groups is 1. The number of piperidine rings is 1. The van der Waals surface area contributed by atoms with Crippen LogP contribution in [0.2, 0.25) is 0 Å². The fourth-order valence-corrected chi connectivity index (χ4v) is 2.65. The topological polar surface area (TPSA) is 101 Å². The van der Waals surface area contributed by atoms with E-state index in [1.807, 2.05) is 9.80 Å². The zero-order valence-electron chi connectivity index (χ0n) is 12.3. The second-order valence-electron chi connectivity index (χ2n) is 5.67. The van der Waals surface area contributed by atoms with Crippen LogP contribution in [-0.2, 0) is 4.74 Å². The monoisotopic (exact) mass is 294 g/mol. The molecule has 2 unspecified atom stereocenters. The second-order valence-corrected chi connectivity index (χ2v) is 5.67. The molecule has 0 saturated carbocycles. The highest BCUT2D eigenvalue weighted by Gasteiger charge is 2.27. The first kappa shape index (κ1) is 14.3. The molecule has 2 aliphatic heterocycles. The van der Waals surface area contributed by atoms with E-state index in [1.165, 1.54) is 0 Å². The minimum Gasteiger partial charge on any atom is -0.391 e. The Labute approximate surface area is 123 Å². The number of aromatic nitrogens is 3. The Bertz CT molecular complexity index is 494. The highest BCUT2D eigenvalue weighted by molar-refractivity contribution is 5.44. The van der Waals surface area contributed by atoms with Crippen molar-refractivity contribution in [2.24, 2.45) is 5.92 Å². The van der Waals surface area contributed by atoms with Gasteiger partial charge in [0.05, 0.1) is 19.3 Å². The number of β-amino-alcohol motifs (C(OH)–C–C–N with tert-alkyl or cyclic N) is 1. The Kier molecular flexibility index (Phi) is 4.07. The molecule has 8 nitrogen and oxygen atoms in total. The van der Waals surface area contributed by atoms with E-state index >= 15 is 0 Å². The molecule has 0 aromatic carbocycles. The van der Waals surface area contributed by atoms with Crippen LogP contribution in [0.1, 0.15) is 13.3 Å². The van der Waals surface area contributed by atoms with Crippen LogP contribution in [0, 0.1) is 5.92 Å². The lowest BCUT2D eigenvalue weighted by Crippen LogP contribution is -2.44. The summed E-state index contributed by atoms with van der Waals surface area (Å²) in [5.41, 5.74) is 5.83. The number of hydrogen-bond acceptors (Lipinski definition) is 8. The summed E-state index contributed by atoms with van der Waals surface area (Å²) in [4.78, 5) is 17.0. The molecule has 3 heterocycles. The molecule has 2 aliphatic rings. The van der Waals surface area contributed by atoms with Crippen molar-refractivity contribution in [1.82, 2.24) is 15.0 Å². The standard InChI is InChI=1S/C13H22N6O2/c1-9-2-3-19(8-10(9)20)13-16-11(14)15-12(17-13)18-4-6-21-7-5-18/h9-10,20H,2-8H2,1H3,(H2,14,15,16,17). The smallest absolute Gasteiger partial charge is 0.232 e. The first-order valence-electron chi connectivity index (χ1n) is 7.41. The Morgan fingerprint density at radius 3 is 2.43 bits per heavy atom. The molecule has 0 radical (unpaired) electrons. The van der Waals surface area contributed by atoms with E-state index < -0.39 is 0 Å². The first-order chi connectivity index (χ1) is 10.1. The molecule has 3 rings (SSSR count). The van der Waals surface area contributed by atoms with Gasteiger partial charge in [-0.1, -0.05) is 6.92 Å². The van der Waals surface area contributed by atoms with E-state index in [-0.39, 0.29) is 12.1 Å². The van der Waals surface area contributed by atoms with Gasteiger partial charge in [0.2, 0.25) is 17.8 Å². The van der Waals surface area contributed by atoms with Crippen LogP contribution >= 0.6 is 0 Å². The average molecular weight is 294 g/mol. The molecule has 0 aliphatic carbocycles. The molecular formula is C13H22N6O2. The lowest BCUT2D eigenvalue weighted by molar-refractivity contribution is 0.102. The molecule has 8 heteroatoms. The largest absolute Gasteiger partial charge is 0.391 e. The van der Waals surface area contributed by atoms with Crippen LogP contribution in [0.15, 0.2) is 0 Å². The van der Waals surface area contributed by atoms with Crippen molar-refractivity contribution in [3.8, 4) is 0 Å². The lowest BCUT2D eigenvalue weighted by atomic mass is 9.96. The molecule has 1 aromatic heterocycles. The molecule has 1 aromatic rings. The third-order valence-electron chi connectivity index (χ3n) is 4.12. The highest BCUT2D eigenvalue weighted by Crippen LogP contribution is 2.22. The number of rotatable bonds is 2. The summed E-state index contributed by atoms with van der Waals surface area (Å²) in [7, 11) is 0. The van der Waals surface area contributed by atoms with Gasteiger partial charge in [-0.2, -0.15) is 15.0 Å². The van der Waals surface area contributed by atoms with Gasteiger partial charge in [0.25, 0.3) is 0 Å². The van der Waals surface area contributed by atoms with Crippen molar-refractivity contribution in [3.63, 3.8) is 0 Å². The number of ether oxygens (including phenoxy) is 1. The molecule has 2 saturated heterocycles. The quantitative estimate of drug-likeness (QED) is 0.753. The van der Waals surface area contributed by atoms with E-state index in [0.29, 0.717) is 37.6 Å². The Morgan fingerprint density at radius 1 is 1.10 bits per heavy atom. The number of hydrogen-bond donors (Lipinski definition) is 2. The van der Waals surface area contributed by atoms with E-state index in [1.54, 1.807) is 0 Å². The van der Waals surface area contributed by atoms with Crippen LogP contribution in [0.5, 0.6) is 0 Å². The number of nitrogen functional groups attached to an aromatic ring is 1. The predicted octanol–water partition coefficient (Wildman–Crippen LogP) is -0.502. The lowest BCUT2D eigenvalue weighted by Gasteiger charge is -2.34. The van der Waals surface area contributed by atoms with Gasteiger partial charge >= 0.3 is 0 Å². The van der Waals surface area contributed by atoms with Gasteiger partial charge in [0, 0.05) is 26.2 Å². The Hall–Kier alpha value is -1.67. The summed E-state index contributed by atoms with van der Waals surface area (Å²) in [5.74, 6) is 1.66. The maximum Gasteiger partial charge on any atom is 0.232 e. The molecular weight excluding hydrogens is 272 g/mol. The summed E-state index contributed by atoms with van der Waals surface area (Å²) >= 11 is 0. The van der Waals surface area contributed by atoms with Gasteiger partial charge in [-0.25, -0.2) is 0 Å². The van der Waals surface area contributed by atoms with Gasteiger partial charge in [-0.05, 0) is 12.3 Å². The van der Waals surface area contributed by atoms with Gasteiger partial charge in [-0.15, -0.1) is 0 Å². The number of aliphatic hydroxyl groups excluding tert-OH is 1. The zero-order valence-corrected chi connectivity index (χ0v) is 12.3. The normalized spacial score (nSPS) is 27.0. The summed E-state index contributed by atoms with van der Waals surface area (Å²) in [6.45, 7) is 6.26. The molecule has 2 atom stereocenters. The molecule has 0 amide bonds. The number of nitrogens with two attached hydrogens (primary N) is 1. The van der Waals surface area contributed by atoms with E-state index in [0.717, 1.165) is 26.1 Å². The fraction of sp³-hybridized carbons (Fsp3) is 0.769. The van der Waals surface area contributed by atoms with Crippen molar-refractivity contribution < 1.29 is 9.84 Å². The first-order valence-corrected chi connectivity index (χ1v) is 7.41. The van der Waals surface area contributed by atoms with Crippen molar-refractivity contribution in [3.05, 3.63) is 0 Å². The van der Waals surface area contributed by atoms with Crippen LogP contribution in [-0.4, -0.2) is 65.6 Å². The minimum atomic E-state index is -0.358. The van der Waals surface area contributed by atoms with Crippen molar-refractivity contribution in [2.75, 3.05) is 54.9 Å². The van der Waals surface area contributed by atoms with Crippen molar-refractivity contribution in [1.29, 1.82) is 0 Å². The summed E-state index contributed by atoms with van der Waals surface area (Å²) in [5, 5.41) is 10.0. The van der Waals surface area contributed by atoms with Gasteiger partial charge < -0.3 is 25.4 Å². The summed E-state index contributed by atoms with van der Waals surface area (Å²) in [6.07, 6.45) is 0.559. The molecule has 3 N–H and O–H groups in total. The second kappa shape index (κ2) is 5.98. The van der Waals surface area contributed by atoms with Crippen molar-refractivity contribution >= 4 is 17.8 Å². The molecule has 21 heavy (non-hydrogen) atoms. The number of nitrogens with zero attached hydrogens (tertiary/aromatic N) is 5. The number of morpholine rings is 1. The molecule has 2 fully saturated rings. The average Bonchev–Trinajstić information content (AvgIpc) is 2.50. The van der Waals surface area contributed by atoms with Gasteiger partial charge in [-0.3, -0.25) is 0 Å². The molecule has 0 spiro atoms. The summed E-state index contributed by atoms with van der Waals surface area (Å²) < 4.78 is 5.34. The molecule has 116 valence electrons. The number of anilines is 3. The maximum atomic E-state index is 10.0. The fourth-order valence-electron chi connectivity index (χ4n) is 2.65. The van der Waals surface area contributed by atoms with Gasteiger partial charge in [0.1, 0.15) is 0 Å². The summed E-state index contributed by atoms with van der Waals surface area (Å²) in [6, 6.07) is 0. The van der Waals surface area contributed by atoms with Crippen LogP contribution in [0.25, 0.3) is 0 Å². The maximum absolute atomic E-state index is 10.0. The van der Waals surface area contributed by atoms with Crippen LogP contribution in [0.4, 0.5) is 17.8 Å². The van der Waals surface area contributed by atoms with E-state index in [4.69, 9.17) is 10.5 Å². The van der Waals surface area contributed by atoms with Gasteiger partial charge in [0.15, 0.2) is 0 Å². The third-order valence-corrected chi connectivity index (χ3v) is 4.12. The highest BCUT2D eigenvalue weighted by atomic mass is 16.5. The zero-order chi connectivity index (χ0) is 14.8. The Morgan fingerprint density at radius 2 is 1.76 bits per heavy atom. The minimum absolute atomic E-state index is 0.217. The van der Waals surface area contributed by atoms with E-state index in [9.17, 15) is 5.11 Å². The molecule has 0 bridgehead atoms. The predicted molar refractivity (Wildman–Crippen MR) is 79.3 cm³/mol. The Balaban J connectivity index is 1.80.